The summed E-state index contributed by atoms with van der Waals surface area (Å²) >= 11 is 0. The van der Waals surface area contributed by atoms with Crippen LogP contribution in [0.15, 0.2) is 60.7 Å². The number of ketones is 1. The number of carbonyl (C=O) groups excluding carboxylic acids is 2. The second-order valence-corrected chi connectivity index (χ2v) is 8.19. The van der Waals surface area contributed by atoms with Gasteiger partial charge in [0, 0.05) is 18.2 Å². The Morgan fingerprint density at radius 1 is 0.730 bits per heavy atom. The van der Waals surface area contributed by atoms with Gasteiger partial charge in [-0.25, -0.2) is 0 Å². The number of carbonyl (C=O) groups is 2. The molecule has 0 aliphatic rings. The molecule has 0 aliphatic heterocycles. The van der Waals surface area contributed by atoms with Crippen LogP contribution < -0.4 is 22.1 Å². The fourth-order valence-electron chi connectivity index (χ4n) is 3.99. The molecule has 0 saturated carbocycles. The van der Waals surface area contributed by atoms with Crippen LogP contribution in [0.1, 0.15) is 38.8 Å². The molecule has 3 aromatic rings. The SMILES string of the molecule is CNc1ccc(C(c2ccc(NC(=O)c3cccc(C(C)=O)c3)c(N)c2)(C(F)(F)F)C(F)(F)F)cc1N. The maximum atomic E-state index is 14.4. The Hall–Kier alpha value is -4.22. The van der Waals surface area contributed by atoms with Crippen molar-refractivity contribution in [1.29, 1.82) is 0 Å². The quantitative estimate of drug-likeness (QED) is 0.186. The smallest absolute Gasteiger partial charge is 0.397 e. The fraction of sp³-hybridized carbons (Fsp3) is 0.200. The third-order valence-corrected chi connectivity index (χ3v) is 5.87. The number of halogens is 6. The molecule has 0 spiro atoms. The fourth-order valence-corrected chi connectivity index (χ4v) is 3.99. The summed E-state index contributed by atoms with van der Waals surface area (Å²) in [5.41, 5.74) is 4.04. The van der Waals surface area contributed by atoms with Gasteiger partial charge in [0.2, 0.25) is 5.41 Å². The van der Waals surface area contributed by atoms with E-state index in [0.29, 0.717) is 24.3 Å². The van der Waals surface area contributed by atoms with E-state index in [0.717, 1.165) is 12.1 Å². The van der Waals surface area contributed by atoms with Crippen LogP contribution in [-0.2, 0) is 5.41 Å². The summed E-state index contributed by atoms with van der Waals surface area (Å²) in [6.45, 7) is 1.29. The lowest BCUT2D eigenvalue weighted by atomic mass is 9.72. The van der Waals surface area contributed by atoms with Crippen LogP contribution in [0.5, 0.6) is 0 Å². The highest BCUT2D eigenvalue weighted by Crippen LogP contribution is 2.57. The molecule has 6 nitrogen and oxygen atoms in total. The van der Waals surface area contributed by atoms with Crippen LogP contribution in [0.25, 0.3) is 0 Å². The van der Waals surface area contributed by atoms with E-state index in [4.69, 9.17) is 11.5 Å². The van der Waals surface area contributed by atoms with Crippen LogP contribution in [0.3, 0.4) is 0 Å². The van der Waals surface area contributed by atoms with Crippen LogP contribution in [0.2, 0.25) is 0 Å². The molecule has 1 amide bonds. The van der Waals surface area contributed by atoms with Crippen molar-refractivity contribution in [2.75, 3.05) is 29.1 Å². The topological polar surface area (TPSA) is 110 Å². The van der Waals surface area contributed by atoms with Crippen molar-refractivity contribution in [3.8, 4) is 0 Å². The Morgan fingerprint density at radius 2 is 1.22 bits per heavy atom. The molecule has 0 radical (unpaired) electrons. The van der Waals surface area contributed by atoms with Crippen molar-refractivity contribution in [3.63, 3.8) is 0 Å². The molecule has 0 saturated heterocycles. The van der Waals surface area contributed by atoms with Gasteiger partial charge < -0.3 is 22.1 Å². The van der Waals surface area contributed by atoms with Gasteiger partial charge in [-0.2, -0.15) is 26.3 Å². The van der Waals surface area contributed by atoms with Crippen molar-refractivity contribution < 1.29 is 35.9 Å². The van der Waals surface area contributed by atoms with Gasteiger partial charge in [-0.1, -0.05) is 24.3 Å². The number of nitrogen functional groups attached to an aromatic ring is 2. The van der Waals surface area contributed by atoms with E-state index < -0.39 is 40.5 Å². The molecular weight excluding hydrogens is 502 g/mol. The lowest BCUT2D eigenvalue weighted by Crippen LogP contribution is -2.54. The number of rotatable bonds is 6. The van der Waals surface area contributed by atoms with Gasteiger partial charge in [0.15, 0.2) is 5.78 Å². The van der Waals surface area contributed by atoms with Gasteiger partial charge in [0.05, 0.1) is 22.7 Å². The zero-order chi connectivity index (χ0) is 27.8. The van der Waals surface area contributed by atoms with Crippen LogP contribution >= 0.6 is 0 Å². The molecular formula is C25H22F6N4O2. The number of nitrogens with one attached hydrogen (secondary N) is 2. The van der Waals surface area contributed by atoms with Gasteiger partial charge in [-0.3, -0.25) is 9.59 Å². The van der Waals surface area contributed by atoms with Crippen molar-refractivity contribution in [2.24, 2.45) is 0 Å². The minimum absolute atomic E-state index is 0.0382. The summed E-state index contributed by atoms with van der Waals surface area (Å²) in [6.07, 6.45) is -11.7. The number of alkyl halides is 6. The lowest BCUT2D eigenvalue weighted by molar-refractivity contribution is -0.288. The molecule has 0 heterocycles. The maximum absolute atomic E-state index is 14.4. The predicted octanol–water partition coefficient (Wildman–Crippen LogP) is 5.76. The van der Waals surface area contributed by atoms with Crippen molar-refractivity contribution in [1.82, 2.24) is 0 Å². The zero-order valence-corrected chi connectivity index (χ0v) is 19.5. The van der Waals surface area contributed by atoms with Crippen molar-refractivity contribution in [3.05, 3.63) is 82.9 Å². The first-order valence-electron chi connectivity index (χ1n) is 10.7. The molecule has 12 heteroatoms. The Bertz CT molecular complexity index is 1340. The highest BCUT2D eigenvalue weighted by molar-refractivity contribution is 6.07. The van der Waals surface area contributed by atoms with E-state index >= 15 is 0 Å². The average molecular weight is 524 g/mol. The van der Waals surface area contributed by atoms with Crippen molar-refractivity contribution >= 4 is 34.4 Å². The standard InChI is InChI=1S/C25H22F6N4O2/c1-13(36)14-4-3-5-15(10-14)22(37)35-21-9-7-17(12-19(21)33)23(24(26,27)28,25(29,30)31)16-6-8-20(34-2)18(32)11-16/h3-12,34H,32-33H2,1-2H3,(H,35,37). The van der Waals surface area contributed by atoms with E-state index in [9.17, 15) is 35.9 Å². The third-order valence-electron chi connectivity index (χ3n) is 5.87. The first-order chi connectivity index (χ1) is 17.1. The molecule has 196 valence electrons. The zero-order valence-electron chi connectivity index (χ0n) is 19.5. The van der Waals surface area contributed by atoms with E-state index in [1.54, 1.807) is 0 Å². The number of anilines is 4. The lowest BCUT2D eigenvalue weighted by Gasteiger charge is -2.38. The Labute approximate surface area is 207 Å². The molecule has 0 atom stereocenters. The van der Waals surface area contributed by atoms with E-state index in [1.807, 2.05) is 0 Å². The van der Waals surface area contributed by atoms with Gasteiger partial charge in [0.1, 0.15) is 0 Å². The molecule has 0 unspecified atom stereocenters. The molecule has 0 fully saturated rings. The van der Waals surface area contributed by atoms with Gasteiger partial charge in [0.25, 0.3) is 5.91 Å². The Kier molecular flexibility index (Phi) is 7.16. The van der Waals surface area contributed by atoms with Crippen LogP contribution in [0.4, 0.5) is 49.1 Å². The number of nitrogens with two attached hydrogens (primary N) is 2. The molecule has 3 rings (SSSR count). The third kappa shape index (κ3) is 4.91. The number of amides is 1. The van der Waals surface area contributed by atoms with Gasteiger partial charge >= 0.3 is 12.4 Å². The Morgan fingerprint density at radius 3 is 1.65 bits per heavy atom. The second-order valence-electron chi connectivity index (χ2n) is 8.19. The van der Waals surface area contributed by atoms with Crippen molar-refractivity contribution in [2.45, 2.75) is 24.7 Å². The monoisotopic (exact) mass is 524 g/mol. The second kappa shape index (κ2) is 9.68. The van der Waals surface area contributed by atoms with Gasteiger partial charge in [-0.05, 0) is 54.4 Å². The molecule has 37 heavy (non-hydrogen) atoms. The highest BCUT2D eigenvalue weighted by Gasteiger charge is 2.72. The molecule has 3 aromatic carbocycles. The largest absolute Gasteiger partial charge is 0.411 e. The first-order valence-corrected chi connectivity index (χ1v) is 10.7. The number of Topliss-reactive ketones (excluding diaryl/α,β-unsaturated/α-hetero) is 1. The number of benzene rings is 3. The molecule has 0 aromatic heterocycles. The minimum atomic E-state index is -5.84. The summed E-state index contributed by atoms with van der Waals surface area (Å²) in [7, 11) is 1.41. The molecule has 0 aliphatic carbocycles. The molecule has 0 bridgehead atoms. The van der Waals surface area contributed by atoms with Crippen LogP contribution in [-0.4, -0.2) is 31.1 Å². The van der Waals surface area contributed by atoms with E-state index in [1.165, 1.54) is 38.2 Å². The number of hydrogen-bond acceptors (Lipinski definition) is 5. The highest BCUT2D eigenvalue weighted by atomic mass is 19.4. The summed E-state index contributed by atoms with van der Waals surface area (Å²) in [4.78, 5) is 24.2. The summed E-state index contributed by atoms with van der Waals surface area (Å²) in [5, 5.41) is 4.93. The first kappa shape index (κ1) is 27.4. The van der Waals surface area contributed by atoms with Gasteiger partial charge in [-0.15, -0.1) is 0 Å². The minimum Gasteiger partial charge on any atom is -0.397 e. The Balaban J connectivity index is 2.12. The van der Waals surface area contributed by atoms with E-state index in [2.05, 4.69) is 10.6 Å². The average Bonchev–Trinajstić information content (AvgIpc) is 2.79. The summed E-state index contributed by atoms with van der Waals surface area (Å²) in [5.74, 6) is -1.08. The maximum Gasteiger partial charge on any atom is 0.411 e. The normalized spacial score (nSPS) is 12.2. The summed E-state index contributed by atoms with van der Waals surface area (Å²) < 4.78 is 86.5. The van der Waals surface area contributed by atoms with Crippen LogP contribution in [0, 0.1) is 0 Å². The van der Waals surface area contributed by atoms with E-state index in [-0.39, 0.29) is 34.0 Å². The summed E-state index contributed by atoms with van der Waals surface area (Å²) in [6, 6.07) is 9.89. The predicted molar refractivity (Wildman–Crippen MR) is 129 cm³/mol. The number of hydrogen-bond donors (Lipinski definition) is 4. The molecule has 6 N–H and O–H groups in total.